The van der Waals surface area contributed by atoms with Crippen LogP contribution >= 0.6 is 22.7 Å². The molecule has 248 valence electrons. The number of aromatic nitrogens is 2. The van der Waals surface area contributed by atoms with E-state index in [1.54, 1.807) is 24.1 Å². The lowest BCUT2D eigenvalue weighted by Crippen LogP contribution is -2.50. The largest absolute Gasteiger partial charge is 0.470 e. The number of nitrogens with one attached hydrogen (secondary N) is 3. The van der Waals surface area contributed by atoms with E-state index in [1.807, 2.05) is 49.6 Å². The van der Waals surface area contributed by atoms with Crippen LogP contribution in [0.5, 0.6) is 0 Å². The lowest BCUT2D eigenvalue weighted by Gasteiger charge is -2.27. The fourth-order valence-corrected chi connectivity index (χ4v) is 7.86. The Hall–Kier alpha value is -4.17. The number of benzene rings is 1. The highest BCUT2D eigenvalue weighted by Gasteiger charge is 2.43. The van der Waals surface area contributed by atoms with Crippen LogP contribution in [0.1, 0.15) is 90.8 Å². The zero-order chi connectivity index (χ0) is 33.2. The second-order valence-electron chi connectivity index (χ2n) is 12.4. The highest BCUT2D eigenvalue weighted by molar-refractivity contribution is 7.10. The van der Waals surface area contributed by atoms with Crippen LogP contribution in [0.2, 0.25) is 0 Å². The molecule has 47 heavy (non-hydrogen) atoms. The molecule has 5 heterocycles. The van der Waals surface area contributed by atoms with Gasteiger partial charge in [0, 0.05) is 23.7 Å². The molecule has 6 rings (SSSR count). The zero-order valence-electron chi connectivity index (χ0n) is 26.8. The van der Waals surface area contributed by atoms with E-state index in [2.05, 4.69) is 25.9 Å². The fourth-order valence-electron chi connectivity index (χ4n) is 6.08. The Kier molecular flexibility index (Phi) is 9.69. The molecule has 3 N–H and O–H groups in total. The molecule has 6 bridgehead atoms. The number of rotatable bonds is 4. The smallest absolute Gasteiger partial charge is 0.271 e. The number of nitrogens with zero attached hydrogens (tertiary/aromatic N) is 4. The van der Waals surface area contributed by atoms with Crippen molar-refractivity contribution in [2.75, 3.05) is 6.54 Å². The minimum Gasteiger partial charge on any atom is -0.470 e. The van der Waals surface area contributed by atoms with E-state index in [1.165, 1.54) is 22.7 Å². The van der Waals surface area contributed by atoms with Crippen molar-refractivity contribution in [2.45, 2.75) is 89.7 Å². The van der Waals surface area contributed by atoms with E-state index in [-0.39, 0.29) is 41.7 Å². The van der Waals surface area contributed by atoms with Gasteiger partial charge in [0.25, 0.3) is 11.8 Å². The average Bonchev–Trinajstić information content (AvgIpc) is 3.89. The van der Waals surface area contributed by atoms with Gasteiger partial charge in [0.05, 0.1) is 12.1 Å². The minimum atomic E-state index is -0.893. The molecule has 4 amide bonds. The number of ether oxygens (including phenoxy) is 1. The molecule has 0 aliphatic carbocycles. The van der Waals surface area contributed by atoms with Gasteiger partial charge in [0.1, 0.15) is 39.6 Å². The predicted molar refractivity (Wildman–Crippen MR) is 178 cm³/mol. The lowest BCUT2D eigenvalue weighted by molar-refractivity contribution is -0.140. The Labute approximate surface area is 281 Å². The Morgan fingerprint density at radius 1 is 0.957 bits per heavy atom. The van der Waals surface area contributed by atoms with E-state index in [4.69, 9.17) is 9.72 Å². The summed E-state index contributed by atoms with van der Waals surface area (Å²) in [5.41, 5.74) is 1.53. The Morgan fingerprint density at radius 2 is 1.68 bits per heavy atom. The van der Waals surface area contributed by atoms with Crippen molar-refractivity contribution in [2.24, 2.45) is 10.9 Å². The summed E-state index contributed by atoms with van der Waals surface area (Å²) in [4.78, 5) is 70.3. The maximum absolute atomic E-state index is 14.0. The number of fused-ring (bicyclic) bond motifs is 7. The van der Waals surface area contributed by atoms with Gasteiger partial charge in [-0.2, -0.15) is 0 Å². The Bertz CT molecular complexity index is 1670. The normalized spacial score (nSPS) is 27.5. The number of carbonyl (C=O) groups excluding carboxylic acids is 4. The van der Waals surface area contributed by atoms with Crippen molar-refractivity contribution in [1.29, 1.82) is 0 Å². The lowest BCUT2D eigenvalue weighted by atomic mass is 9.98. The summed E-state index contributed by atoms with van der Waals surface area (Å²) < 4.78 is 6.06. The molecule has 0 saturated carbocycles. The standard InChI is InChI=1S/C33H39N7O5S2/c1-5-17(2)25-32-37-23(16-47-32)30-39-26(19(4)45-30)33(44)40-13-9-12-24(40)29(43)34-18(3)31-36-22(15-46-31)28(42)35-21(27(41)38-25)14-20-10-7-6-8-11-20/h6-8,10-11,15-19,21,24-26H,5,9,12-14H2,1-4H3,(H,34,43)(H,35,42)(H,38,41). The topological polar surface area (TPSA) is 155 Å². The molecular weight excluding hydrogens is 639 g/mol. The molecule has 3 aromatic rings. The molecule has 0 radical (unpaired) electrons. The number of hydrogen-bond donors (Lipinski definition) is 3. The van der Waals surface area contributed by atoms with Gasteiger partial charge in [0.15, 0.2) is 6.04 Å². The quantitative estimate of drug-likeness (QED) is 0.382. The van der Waals surface area contributed by atoms with E-state index in [0.29, 0.717) is 35.1 Å². The van der Waals surface area contributed by atoms with Gasteiger partial charge < -0.3 is 25.6 Å². The minimum absolute atomic E-state index is 0.0204. The monoisotopic (exact) mass is 677 g/mol. The van der Waals surface area contributed by atoms with Gasteiger partial charge in [-0.1, -0.05) is 50.6 Å². The third-order valence-corrected chi connectivity index (χ3v) is 11.0. The maximum atomic E-state index is 14.0. The molecule has 7 atom stereocenters. The maximum Gasteiger partial charge on any atom is 0.271 e. The molecule has 0 spiro atoms. The molecule has 3 aliphatic rings. The first-order valence-corrected chi connectivity index (χ1v) is 17.8. The van der Waals surface area contributed by atoms with Crippen LogP contribution in [-0.2, 0) is 25.5 Å². The summed E-state index contributed by atoms with van der Waals surface area (Å²) in [6, 6.07) is 6.21. The van der Waals surface area contributed by atoms with Gasteiger partial charge in [-0.05, 0) is 38.2 Å². The van der Waals surface area contributed by atoms with E-state index < -0.39 is 42.2 Å². The van der Waals surface area contributed by atoms with Crippen molar-refractivity contribution in [1.82, 2.24) is 30.8 Å². The molecule has 1 saturated heterocycles. The average molecular weight is 678 g/mol. The van der Waals surface area contributed by atoms with Crippen LogP contribution < -0.4 is 16.0 Å². The number of amides is 4. The summed E-state index contributed by atoms with van der Waals surface area (Å²) in [5, 5.41) is 13.7. The van der Waals surface area contributed by atoms with E-state index in [0.717, 1.165) is 12.0 Å². The summed E-state index contributed by atoms with van der Waals surface area (Å²) >= 11 is 2.63. The SMILES string of the molecule is CCC(C)C1NC(=O)C(Cc2ccccc2)NC(=O)c2csc(n2)C(C)NC(=O)C2CCCN2C(=O)C2N=C(OC2C)c2csc1n2. The van der Waals surface area contributed by atoms with Crippen LogP contribution in [0.3, 0.4) is 0 Å². The van der Waals surface area contributed by atoms with E-state index in [9.17, 15) is 19.2 Å². The third kappa shape index (κ3) is 6.93. The van der Waals surface area contributed by atoms with Crippen molar-refractivity contribution < 1.29 is 23.9 Å². The summed E-state index contributed by atoms with van der Waals surface area (Å²) in [7, 11) is 0. The molecule has 2 aromatic heterocycles. The van der Waals surface area contributed by atoms with Crippen LogP contribution in [0.4, 0.5) is 0 Å². The third-order valence-electron chi connectivity index (χ3n) is 9.00. The number of carbonyl (C=O) groups is 4. The van der Waals surface area contributed by atoms with Gasteiger partial charge in [-0.25, -0.2) is 15.0 Å². The Morgan fingerprint density at radius 3 is 2.45 bits per heavy atom. The van der Waals surface area contributed by atoms with Crippen LogP contribution in [0.15, 0.2) is 46.1 Å². The molecular formula is C33H39N7O5S2. The molecule has 3 aliphatic heterocycles. The van der Waals surface area contributed by atoms with Crippen molar-refractivity contribution in [3.63, 3.8) is 0 Å². The second kappa shape index (κ2) is 13.9. The first-order chi connectivity index (χ1) is 22.6. The first-order valence-electron chi connectivity index (χ1n) is 16.0. The fraction of sp³-hybridized carbons (Fsp3) is 0.485. The van der Waals surface area contributed by atoms with Crippen LogP contribution in [0, 0.1) is 5.92 Å². The Balaban J connectivity index is 1.37. The van der Waals surface area contributed by atoms with Gasteiger partial charge >= 0.3 is 0 Å². The molecule has 14 heteroatoms. The predicted octanol–water partition coefficient (Wildman–Crippen LogP) is 3.56. The summed E-state index contributed by atoms with van der Waals surface area (Å²) in [6.07, 6.45) is 1.73. The zero-order valence-corrected chi connectivity index (χ0v) is 28.4. The highest BCUT2D eigenvalue weighted by Crippen LogP contribution is 2.31. The van der Waals surface area contributed by atoms with Crippen LogP contribution in [0.25, 0.3) is 0 Å². The highest BCUT2D eigenvalue weighted by atomic mass is 32.1. The first kappa shape index (κ1) is 32.8. The number of aliphatic imine (C=N–C) groups is 1. The molecule has 12 nitrogen and oxygen atoms in total. The second-order valence-corrected chi connectivity index (χ2v) is 14.1. The van der Waals surface area contributed by atoms with Gasteiger partial charge in [0.2, 0.25) is 17.7 Å². The number of thiazole rings is 2. The molecule has 7 unspecified atom stereocenters. The van der Waals surface area contributed by atoms with Crippen molar-refractivity contribution in [3.05, 3.63) is 68.1 Å². The van der Waals surface area contributed by atoms with Gasteiger partial charge in [-0.3, -0.25) is 19.2 Å². The van der Waals surface area contributed by atoms with Crippen LogP contribution in [-0.4, -0.2) is 75.2 Å². The summed E-state index contributed by atoms with van der Waals surface area (Å²) in [5.74, 6) is -1.10. The van der Waals surface area contributed by atoms with Gasteiger partial charge in [-0.15, -0.1) is 22.7 Å². The summed E-state index contributed by atoms with van der Waals surface area (Å²) in [6.45, 7) is 8.12. The van der Waals surface area contributed by atoms with Crippen molar-refractivity contribution >= 4 is 52.2 Å². The molecule has 1 fully saturated rings. The number of hydrogen-bond acceptors (Lipinski definition) is 10. The van der Waals surface area contributed by atoms with Crippen molar-refractivity contribution in [3.8, 4) is 0 Å². The van der Waals surface area contributed by atoms with E-state index >= 15 is 0 Å². The molecule has 1 aromatic carbocycles.